The molecule has 9 heteroatoms. The molecular formula is C19H21N7O2. The number of nitrogens with zero attached hydrogens (tertiary/aromatic N) is 6. The van der Waals surface area contributed by atoms with E-state index in [1.54, 1.807) is 12.4 Å². The molecule has 5 heterocycles. The van der Waals surface area contributed by atoms with Crippen LogP contribution in [-0.4, -0.2) is 61.7 Å². The van der Waals surface area contributed by atoms with Gasteiger partial charge in [-0.05, 0) is 36.7 Å². The first-order chi connectivity index (χ1) is 13.6. The smallest absolute Gasteiger partial charge is 0.407 e. The number of likely N-dealkylation sites (tertiary alicyclic amines) is 1. The molecule has 144 valence electrons. The standard InChI is InChI=1S/C19H21N7O2/c20-17-21-4-10(5-22-17)14-3-15(16-12-7-25(19(27)28)8-13(12)16)24-18(23-14)26-6-9-1-11(26)2-9/h3-5,9,11-13,16H,1-2,6-8H2,(H,27,28)(H2,20,21,22). The predicted octanol–water partition coefficient (Wildman–Crippen LogP) is 1.44. The Bertz CT molecular complexity index is 947. The first kappa shape index (κ1) is 16.0. The Balaban J connectivity index is 1.35. The minimum Gasteiger partial charge on any atom is -0.465 e. The van der Waals surface area contributed by atoms with E-state index in [2.05, 4.69) is 14.9 Å². The highest BCUT2D eigenvalue weighted by Crippen LogP contribution is 2.58. The molecule has 5 aliphatic rings. The Hall–Kier alpha value is -2.97. The van der Waals surface area contributed by atoms with Crippen molar-refractivity contribution in [3.05, 3.63) is 24.2 Å². The molecule has 3 N–H and O–H groups in total. The molecule has 0 aromatic carbocycles. The fraction of sp³-hybridized carbons (Fsp3) is 0.526. The maximum atomic E-state index is 11.2. The molecule has 5 fully saturated rings. The molecule has 1 amide bonds. The van der Waals surface area contributed by atoms with Crippen molar-refractivity contribution in [2.45, 2.75) is 24.8 Å². The van der Waals surface area contributed by atoms with Crippen LogP contribution in [0.15, 0.2) is 18.5 Å². The zero-order valence-corrected chi connectivity index (χ0v) is 15.3. The summed E-state index contributed by atoms with van der Waals surface area (Å²) < 4.78 is 0. The first-order valence-corrected chi connectivity index (χ1v) is 9.78. The highest BCUT2D eigenvalue weighted by molar-refractivity contribution is 5.66. The van der Waals surface area contributed by atoms with Gasteiger partial charge in [0.05, 0.1) is 11.4 Å². The molecule has 3 aliphatic heterocycles. The van der Waals surface area contributed by atoms with Gasteiger partial charge >= 0.3 is 6.09 Å². The molecule has 3 saturated heterocycles. The highest BCUT2D eigenvalue weighted by Gasteiger charge is 2.58. The van der Waals surface area contributed by atoms with E-state index in [1.165, 1.54) is 17.7 Å². The van der Waals surface area contributed by atoms with Crippen LogP contribution < -0.4 is 10.6 Å². The summed E-state index contributed by atoms with van der Waals surface area (Å²) in [5, 5.41) is 9.21. The Kier molecular flexibility index (Phi) is 3.16. The van der Waals surface area contributed by atoms with Gasteiger partial charge in [0.2, 0.25) is 11.9 Å². The Morgan fingerprint density at radius 2 is 1.82 bits per heavy atom. The number of hydrogen-bond donors (Lipinski definition) is 2. The molecule has 2 saturated carbocycles. The van der Waals surface area contributed by atoms with Crippen molar-refractivity contribution in [3.63, 3.8) is 0 Å². The summed E-state index contributed by atoms with van der Waals surface area (Å²) in [6, 6.07) is 2.57. The number of nitrogen functional groups attached to an aromatic ring is 1. The monoisotopic (exact) mass is 379 g/mol. The second kappa shape index (κ2) is 5.52. The van der Waals surface area contributed by atoms with E-state index in [0.29, 0.717) is 36.9 Å². The topological polar surface area (TPSA) is 121 Å². The maximum absolute atomic E-state index is 11.2. The van der Waals surface area contributed by atoms with E-state index < -0.39 is 6.09 Å². The molecule has 0 radical (unpaired) electrons. The lowest BCUT2D eigenvalue weighted by atomic mass is 9.86. The molecule has 2 aromatic rings. The van der Waals surface area contributed by atoms with Crippen LogP contribution in [0.3, 0.4) is 0 Å². The molecule has 2 unspecified atom stereocenters. The van der Waals surface area contributed by atoms with Crippen molar-refractivity contribution in [3.8, 4) is 11.3 Å². The van der Waals surface area contributed by atoms with E-state index in [0.717, 1.165) is 35.4 Å². The second-order valence-corrected chi connectivity index (χ2v) is 8.49. The van der Waals surface area contributed by atoms with Crippen molar-refractivity contribution in [1.29, 1.82) is 0 Å². The molecule has 2 aliphatic carbocycles. The highest BCUT2D eigenvalue weighted by atomic mass is 16.4. The van der Waals surface area contributed by atoms with Gasteiger partial charge in [-0.15, -0.1) is 0 Å². The molecule has 7 rings (SSSR count). The summed E-state index contributed by atoms with van der Waals surface area (Å²) in [6.45, 7) is 2.22. The van der Waals surface area contributed by atoms with Crippen molar-refractivity contribution in [1.82, 2.24) is 24.8 Å². The minimum absolute atomic E-state index is 0.240. The van der Waals surface area contributed by atoms with E-state index in [1.807, 2.05) is 6.07 Å². The van der Waals surface area contributed by atoms with Gasteiger partial charge in [-0.25, -0.2) is 24.7 Å². The van der Waals surface area contributed by atoms with Crippen LogP contribution in [0.4, 0.5) is 16.7 Å². The van der Waals surface area contributed by atoms with Gasteiger partial charge in [0.1, 0.15) is 0 Å². The number of fused-ring (bicyclic) bond motifs is 2. The average molecular weight is 379 g/mol. The van der Waals surface area contributed by atoms with Gasteiger partial charge in [0.15, 0.2) is 0 Å². The summed E-state index contributed by atoms with van der Waals surface area (Å²) in [5.41, 5.74) is 8.28. The van der Waals surface area contributed by atoms with Crippen molar-refractivity contribution in [2.24, 2.45) is 17.8 Å². The number of aromatic nitrogens is 4. The Morgan fingerprint density at radius 1 is 1.11 bits per heavy atom. The molecular weight excluding hydrogens is 358 g/mol. The summed E-state index contributed by atoms with van der Waals surface area (Å²) >= 11 is 0. The van der Waals surface area contributed by atoms with Gasteiger partial charge < -0.3 is 20.6 Å². The zero-order chi connectivity index (χ0) is 19.0. The van der Waals surface area contributed by atoms with E-state index >= 15 is 0 Å². The van der Waals surface area contributed by atoms with E-state index in [9.17, 15) is 9.90 Å². The van der Waals surface area contributed by atoms with Gasteiger partial charge in [0.25, 0.3) is 0 Å². The minimum atomic E-state index is -0.828. The number of piperidine rings is 1. The number of nitrogens with two attached hydrogens (primary N) is 1. The molecule has 9 nitrogen and oxygen atoms in total. The Morgan fingerprint density at radius 3 is 2.43 bits per heavy atom. The van der Waals surface area contributed by atoms with Gasteiger partial charge in [-0.1, -0.05) is 0 Å². The number of hydrogen-bond acceptors (Lipinski definition) is 7. The summed E-state index contributed by atoms with van der Waals surface area (Å²) in [7, 11) is 0. The fourth-order valence-corrected chi connectivity index (χ4v) is 5.27. The summed E-state index contributed by atoms with van der Waals surface area (Å²) in [5.74, 6) is 2.83. The average Bonchev–Trinajstić information content (AvgIpc) is 3.08. The molecule has 2 bridgehead atoms. The number of carboxylic acid groups (broad SMARTS) is 1. The summed E-state index contributed by atoms with van der Waals surface area (Å²) in [4.78, 5) is 33.0. The number of carbonyl (C=O) groups is 1. The first-order valence-electron chi connectivity index (χ1n) is 9.78. The van der Waals surface area contributed by atoms with Crippen molar-refractivity contribution in [2.75, 3.05) is 30.3 Å². The largest absolute Gasteiger partial charge is 0.465 e. The van der Waals surface area contributed by atoms with Gasteiger partial charge in [-0.3, -0.25) is 0 Å². The van der Waals surface area contributed by atoms with Crippen LogP contribution in [0, 0.1) is 17.8 Å². The van der Waals surface area contributed by atoms with Crippen LogP contribution in [0.25, 0.3) is 11.3 Å². The quantitative estimate of drug-likeness (QED) is 0.822. The number of rotatable bonds is 3. The van der Waals surface area contributed by atoms with Crippen LogP contribution in [0.2, 0.25) is 0 Å². The summed E-state index contributed by atoms with van der Waals surface area (Å²) in [6.07, 6.45) is 5.03. The lowest BCUT2D eigenvalue weighted by molar-refractivity contribution is 0.150. The maximum Gasteiger partial charge on any atom is 0.407 e. The van der Waals surface area contributed by atoms with Crippen LogP contribution in [0.5, 0.6) is 0 Å². The molecule has 28 heavy (non-hydrogen) atoms. The predicted molar refractivity (Wildman–Crippen MR) is 101 cm³/mol. The van der Waals surface area contributed by atoms with Crippen molar-refractivity contribution >= 4 is 18.0 Å². The van der Waals surface area contributed by atoms with E-state index in [-0.39, 0.29) is 5.95 Å². The zero-order valence-electron chi connectivity index (χ0n) is 15.3. The fourth-order valence-electron chi connectivity index (χ4n) is 5.27. The van der Waals surface area contributed by atoms with Crippen LogP contribution in [0.1, 0.15) is 24.5 Å². The third-order valence-electron chi connectivity index (χ3n) is 6.87. The SMILES string of the molecule is Nc1ncc(-c2cc(C3C4CN(C(=O)O)CC43)nc(N3CC4CC3C4)n2)cn1. The molecule has 0 spiro atoms. The lowest BCUT2D eigenvalue weighted by Crippen LogP contribution is -2.31. The third-order valence-corrected chi connectivity index (χ3v) is 6.87. The number of anilines is 2. The lowest BCUT2D eigenvalue weighted by Gasteiger charge is -2.26. The van der Waals surface area contributed by atoms with E-state index in [4.69, 9.17) is 15.7 Å². The third kappa shape index (κ3) is 2.35. The van der Waals surface area contributed by atoms with Crippen molar-refractivity contribution < 1.29 is 9.90 Å². The Labute approximate surface area is 161 Å². The van der Waals surface area contributed by atoms with Gasteiger partial charge in [0, 0.05) is 49.6 Å². The van der Waals surface area contributed by atoms with Crippen LogP contribution >= 0.6 is 0 Å². The number of amides is 1. The van der Waals surface area contributed by atoms with Gasteiger partial charge in [-0.2, -0.15) is 0 Å². The van der Waals surface area contributed by atoms with Crippen LogP contribution in [-0.2, 0) is 0 Å². The molecule has 2 aromatic heterocycles. The second-order valence-electron chi connectivity index (χ2n) is 8.49. The molecule has 2 atom stereocenters. The normalized spacial score (nSPS) is 32.2.